The topological polar surface area (TPSA) is 52.7 Å². The van der Waals surface area contributed by atoms with Crippen molar-refractivity contribution in [1.82, 2.24) is 9.97 Å². The summed E-state index contributed by atoms with van der Waals surface area (Å²) in [5.41, 5.74) is 3.43. The number of benzene rings is 2. The van der Waals surface area contributed by atoms with Crippen LogP contribution in [0.15, 0.2) is 54.7 Å². The summed E-state index contributed by atoms with van der Waals surface area (Å²) in [5.74, 6) is 0. The minimum absolute atomic E-state index is 0.289. The number of H-pyrrole nitrogens is 1. The maximum Gasteiger partial charge on any atom is 0.416 e. The number of alkyl halides is 3. The molecule has 0 aliphatic heterocycles. The van der Waals surface area contributed by atoms with Crippen LogP contribution in [0.1, 0.15) is 11.3 Å². The van der Waals surface area contributed by atoms with E-state index in [0.29, 0.717) is 5.69 Å². The van der Waals surface area contributed by atoms with Gasteiger partial charge >= 0.3 is 6.18 Å². The molecule has 0 amide bonds. The van der Waals surface area contributed by atoms with E-state index in [2.05, 4.69) is 20.6 Å². The highest BCUT2D eigenvalue weighted by molar-refractivity contribution is 7.80. The molecule has 0 bridgehead atoms. The predicted molar refractivity (Wildman–Crippen MR) is 110 cm³/mol. The zero-order valence-electron chi connectivity index (χ0n) is 14.7. The summed E-state index contributed by atoms with van der Waals surface area (Å²) in [6.45, 7) is 1.94. The number of hydrogen-bond donors (Lipinski definition) is 3. The van der Waals surface area contributed by atoms with Crippen LogP contribution in [0.4, 0.5) is 24.5 Å². The van der Waals surface area contributed by atoms with E-state index in [0.717, 1.165) is 45.3 Å². The van der Waals surface area contributed by atoms with Crippen molar-refractivity contribution in [2.45, 2.75) is 13.1 Å². The molecule has 0 aliphatic carbocycles. The number of nitrogens with one attached hydrogen (secondary N) is 3. The molecule has 0 spiro atoms. The van der Waals surface area contributed by atoms with Crippen LogP contribution in [0.3, 0.4) is 0 Å². The summed E-state index contributed by atoms with van der Waals surface area (Å²) in [7, 11) is 0. The number of aromatic amines is 1. The fourth-order valence-corrected chi connectivity index (χ4v) is 3.31. The standard InChI is InChI=1S/C20H15F3N4S/c1-11-18-15(8-9-24-11)16-10-14(6-7-17(16)27-18)26-19(28)25-13-4-2-12(3-5-13)20(21,22)23/h2-10,27H,1H3,(H2,25,26,28). The largest absolute Gasteiger partial charge is 0.416 e. The summed E-state index contributed by atoms with van der Waals surface area (Å²) < 4.78 is 37.9. The van der Waals surface area contributed by atoms with E-state index in [9.17, 15) is 13.2 Å². The highest BCUT2D eigenvalue weighted by atomic mass is 32.1. The molecule has 0 saturated carbocycles. The molecule has 4 nitrogen and oxygen atoms in total. The Labute approximate surface area is 163 Å². The molecule has 142 valence electrons. The molecule has 2 heterocycles. The summed E-state index contributed by atoms with van der Waals surface area (Å²) in [5, 5.41) is 8.34. The molecule has 0 radical (unpaired) electrons. The lowest BCUT2D eigenvalue weighted by Gasteiger charge is -2.12. The third-order valence-electron chi connectivity index (χ3n) is 4.44. The minimum atomic E-state index is -4.36. The Morgan fingerprint density at radius 3 is 2.36 bits per heavy atom. The lowest BCUT2D eigenvalue weighted by molar-refractivity contribution is -0.137. The minimum Gasteiger partial charge on any atom is -0.353 e. The number of anilines is 2. The van der Waals surface area contributed by atoms with Gasteiger partial charge in [-0.1, -0.05) is 0 Å². The van der Waals surface area contributed by atoms with Crippen LogP contribution in [0.25, 0.3) is 21.8 Å². The quantitative estimate of drug-likeness (QED) is 0.369. The van der Waals surface area contributed by atoms with Gasteiger partial charge in [-0.05, 0) is 67.7 Å². The van der Waals surface area contributed by atoms with Crippen LogP contribution >= 0.6 is 12.2 Å². The lowest BCUT2D eigenvalue weighted by Crippen LogP contribution is -2.19. The van der Waals surface area contributed by atoms with Gasteiger partial charge in [0.05, 0.1) is 16.8 Å². The second-order valence-corrected chi connectivity index (χ2v) is 6.77. The molecule has 0 saturated heterocycles. The van der Waals surface area contributed by atoms with Crippen LogP contribution < -0.4 is 10.6 Å². The van der Waals surface area contributed by atoms with Gasteiger partial charge in [-0.25, -0.2) is 0 Å². The van der Waals surface area contributed by atoms with Gasteiger partial charge in [0.1, 0.15) is 0 Å². The van der Waals surface area contributed by atoms with Crippen LogP contribution in [0.2, 0.25) is 0 Å². The predicted octanol–water partition coefficient (Wildman–Crippen LogP) is 5.85. The molecule has 4 rings (SSSR count). The number of halogens is 3. The summed E-state index contributed by atoms with van der Waals surface area (Å²) in [6, 6.07) is 12.4. The van der Waals surface area contributed by atoms with Crippen LogP contribution in [0.5, 0.6) is 0 Å². The van der Waals surface area contributed by atoms with Crippen molar-refractivity contribution in [2.24, 2.45) is 0 Å². The SMILES string of the molecule is Cc1nccc2c1[nH]c1ccc(NC(=S)Nc3ccc(C(F)(F)F)cc3)cc12. The maximum absolute atomic E-state index is 12.6. The van der Waals surface area contributed by atoms with Crippen molar-refractivity contribution < 1.29 is 13.2 Å². The van der Waals surface area contributed by atoms with Gasteiger partial charge in [-0.3, -0.25) is 4.98 Å². The van der Waals surface area contributed by atoms with E-state index in [1.807, 2.05) is 31.2 Å². The van der Waals surface area contributed by atoms with E-state index < -0.39 is 11.7 Å². The number of fused-ring (bicyclic) bond motifs is 3. The number of rotatable bonds is 2. The van der Waals surface area contributed by atoms with Crippen molar-refractivity contribution in [3.05, 3.63) is 66.0 Å². The first-order valence-corrected chi connectivity index (χ1v) is 8.84. The first-order chi connectivity index (χ1) is 13.3. The van der Waals surface area contributed by atoms with Crippen LogP contribution in [-0.4, -0.2) is 15.1 Å². The summed E-state index contributed by atoms with van der Waals surface area (Å²) in [4.78, 5) is 7.65. The number of aryl methyl sites for hydroxylation is 1. The number of nitrogens with zero attached hydrogens (tertiary/aromatic N) is 1. The summed E-state index contributed by atoms with van der Waals surface area (Å²) >= 11 is 5.28. The van der Waals surface area contributed by atoms with Gasteiger partial charge < -0.3 is 15.6 Å². The molecule has 3 N–H and O–H groups in total. The first kappa shape index (κ1) is 18.2. The van der Waals surface area contributed by atoms with E-state index in [4.69, 9.17) is 12.2 Å². The molecule has 2 aromatic heterocycles. The maximum atomic E-state index is 12.6. The van der Waals surface area contributed by atoms with Crippen molar-refractivity contribution >= 4 is 50.5 Å². The van der Waals surface area contributed by atoms with E-state index in [1.165, 1.54) is 12.1 Å². The monoisotopic (exact) mass is 400 g/mol. The van der Waals surface area contributed by atoms with Crippen molar-refractivity contribution in [1.29, 1.82) is 0 Å². The van der Waals surface area contributed by atoms with Gasteiger partial charge in [0, 0.05) is 33.9 Å². The Morgan fingerprint density at radius 1 is 0.964 bits per heavy atom. The number of aromatic nitrogens is 2. The second-order valence-electron chi connectivity index (χ2n) is 6.36. The Bertz CT molecular complexity index is 1180. The Kier molecular flexibility index (Phi) is 4.43. The van der Waals surface area contributed by atoms with E-state index in [1.54, 1.807) is 6.20 Å². The molecule has 8 heteroatoms. The van der Waals surface area contributed by atoms with Crippen LogP contribution in [-0.2, 0) is 6.18 Å². The molecular formula is C20H15F3N4S. The van der Waals surface area contributed by atoms with Gasteiger partial charge in [0.15, 0.2) is 5.11 Å². The Hall–Kier alpha value is -3.13. The fourth-order valence-electron chi connectivity index (χ4n) is 3.07. The van der Waals surface area contributed by atoms with E-state index >= 15 is 0 Å². The Morgan fingerprint density at radius 2 is 1.64 bits per heavy atom. The summed E-state index contributed by atoms with van der Waals surface area (Å²) in [6.07, 6.45) is -2.60. The van der Waals surface area contributed by atoms with Gasteiger partial charge in [-0.2, -0.15) is 13.2 Å². The highest BCUT2D eigenvalue weighted by Gasteiger charge is 2.29. The number of pyridine rings is 1. The van der Waals surface area contributed by atoms with E-state index in [-0.39, 0.29) is 5.11 Å². The third kappa shape index (κ3) is 3.50. The van der Waals surface area contributed by atoms with Crippen molar-refractivity contribution in [3.8, 4) is 0 Å². The zero-order valence-corrected chi connectivity index (χ0v) is 15.5. The molecular weight excluding hydrogens is 385 g/mol. The van der Waals surface area contributed by atoms with Crippen LogP contribution in [0, 0.1) is 6.92 Å². The molecule has 0 atom stereocenters. The molecule has 0 unspecified atom stereocenters. The van der Waals surface area contributed by atoms with Crippen molar-refractivity contribution in [2.75, 3.05) is 10.6 Å². The van der Waals surface area contributed by atoms with Gasteiger partial charge in [-0.15, -0.1) is 0 Å². The molecule has 0 aliphatic rings. The average Bonchev–Trinajstić information content (AvgIpc) is 3.01. The number of hydrogen-bond acceptors (Lipinski definition) is 2. The zero-order chi connectivity index (χ0) is 19.9. The Balaban J connectivity index is 1.53. The third-order valence-corrected chi connectivity index (χ3v) is 4.64. The molecule has 4 aromatic rings. The smallest absolute Gasteiger partial charge is 0.353 e. The number of thiocarbonyl (C=S) groups is 1. The fraction of sp³-hybridized carbons (Fsp3) is 0.100. The van der Waals surface area contributed by atoms with Gasteiger partial charge in [0.2, 0.25) is 0 Å². The molecule has 2 aromatic carbocycles. The molecule has 0 fully saturated rings. The molecule has 28 heavy (non-hydrogen) atoms. The normalized spacial score (nSPS) is 11.7. The second kappa shape index (κ2) is 6.79. The first-order valence-electron chi connectivity index (χ1n) is 8.43. The highest BCUT2D eigenvalue weighted by Crippen LogP contribution is 2.30. The van der Waals surface area contributed by atoms with Crippen molar-refractivity contribution in [3.63, 3.8) is 0 Å². The van der Waals surface area contributed by atoms with Gasteiger partial charge in [0.25, 0.3) is 0 Å². The average molecular weight is 400 g/mol. The lowest BCUT2D eigenvalue weighted by atomic mass is 10.1.